The molecule has 0 rings (SSSR count). The molecule has 0 radical (unpaired) electrons. The molecule has 0 aliphatic rings. The van der Waals surface area contributed by atoms with Gasteiger partial charge in [-0.05, 0) is 39.5 Å². The molecule has 0 aromatic rings. The molecule has 0 atom stereocenters. The van der Waals surface area contributed by atoms with E-state index in [2.05, 4.69) is 24.5 Å². The van der Waals surface area contributed by atoms with Crippen LogP contribution >= 0.6 is 0 Å². The molecule has 0 aromatic heterocycles. The smallest absolute Gasteiger partial charge is 0.405 e. The van der Waals surface area contributed by atoms with Gasteiger partial charge in [0.05, 0.1) is 0 Å². The van der Waals surface area contributed by atoms with Crippen molar-refractivity contribution in [3.63, 3.8) is 0 Å². The zero-order valence-electron chi connectivity index (χ0n) is 12.3. The summed E-state index contributed by atoms with van der Waals surface area (Å²) in [5.41, 5.74) is 4.26. The van der Waals surface area contributed by atoms with Crippen LogP contribution in [0.1, 0.15) is 47.5 Å². The molecule has 2 N–H and O–H groups in total. The highest BCUT2D eigenvalue weighted by atomic mass is 16.6. The minimum Gasteiger partial charge on any atom is -0.444 e. The predicted octanol–water partition coefficient (Wildman–Crippen LogP) is 2.95. The van der Waals surface area contributed by atoms with E-state index in [0.717, 1.165) is 18.9 Å². The van der Waals surface area contributed by atoms with E-state index in [-0.39, 0.29) is 0 Å². The summed E-state index contributed by atoms with van der Waals surface area (Å²) >= 11 is 0. The summed E-state index contributed by atoms with van der Waals surface area (Å²) in [6.45, 7) is 11.0. The fourth-order valence-corrected chi connectivity index (χ4v) is 1.03. The van der Waals surface area contributed by atoms with Gasteiger partial charge in [-0.2, -0.15) is 0 Å². The minimum absolute atomic E-state index is 0.453. The van der Waals surface area contributed by atoms with Crippen molar-refractivity contribution < 1.29 is 14.3 Å². The third-order valence-corrected chi connectivity index (χ3v) is 1.66. The van der Waals surface area contributed by atoms with Gasteiger partial charge in [0, 0.05) is 6.61 Å². The Kier molecular flexibility index (Phi) is 11.6. The van der Waals surface area contributed by atoms with E-state index in [1.54, 1.807) is 20.8 Å². The molecule has 4 nitrogen and oxygen atoms in total. The van der Waals surface area contributed by atoms with Crippen molar-refractivity contribution in [2.75, 3.05) is 13.2 Å². The van der Waals surface area contributed by atoms with Crippen molar-refractivity contribution >= 4 is 6.09 Å². The number of nitrogens with two attached hydrogens (primary N) is 1. The van der Waals surface area contributed by atoms with Gasteiger partial charge >= 0.3 is 6.09 Å². The number of carbonyl (C=O) groups is 1. The topological polar surface area (TPSA) is 61.6 Å². The fourth-order valence-electron chi connectivity index (χ4n) is 1.03. The van der Waals surface area contributed by atoms with Crippen molar-refractivity contribution in [1.29, 1.82) is 0 Å². The molecule has 18 heavy (non-hydrogen) atoms. The second-order valence-electron chi connectivity index (χ2n) is 5.33. The van der Waals surface area contributed by atoms with Gasteiger partial charge < -0.3 is 15.2 Å². The number of hydrogen-bond donors (Lipinski definition) is 1. The average Bonchev–Trinajstić information content (AvgIpc) is 2.13. The Balaban J connectivity index is 0. The maximum Gasteiger partial charge on any atom is 0.405 e. The van der Waals surface area contributed by atoms with Crippen LogP contribution in [-0.4, -0.2) is 24.9 Å². The Morgan fingerprint density at radius 2 is 1.94 bits per heavy atom. The van der Waals surface area contributed by atoms with Gasteiger partial charge in [0.25, 0.3) is 0 Å². The van der Waals surface area contributed by atoms with Gasteiger partial charge in [-0.25, -0.2) is 4.79 Å². The third kappa shape index (κ3) is 24.2. The molecule has 0 heterocycles. The van der Waals surface area contributed by atoms with Crippen LogP contribution in [0.2, 0.25) is 0 Å². The number of primary amides is 1. The highest BCUT2D eigenvalue weighted by Gasteiger charge is 2.12. The lowest BCUT2D eigenvalue weighted by Gasteiger charge is -2.16. The van der Waals surface area contributed by atoms with Crippen LogP contribution in [0.3, 0.4) is 0 Å². The number of terminal acetylenes is 1. The van der Waals surface area contributed by atoms with Crippen LogP contribution in [0.5, 0.6) is 0 Å². The van der Waals surface area contributed by atoms with E-state index in [4.69, 9.17) is 16.9 Å². The molecule has 0 unspecified atom stereocenters. The van der Waals surface area contributed by atoms with E-state index in [0.29, 0.717) is 6.61 Å². The van der Waals surface area contributed by atoms with Crippen molar-refractivity contribution in [2.24, 2.45) is 11.7 Å². The van der Waals surface area contributed by atoms with E-state index < -0.39 is 11.7 Å². The van der Waals surface area contributed by atoms with E-state index in [1.807, 2.05) is 0 Å². The van der Waals surface area contributed by atoms with Gasteiger partial charge in [0.1, 0.15) is 12.2 Å². The van der Waals surface area contributed by atoms with Crippen LogP contribution in [0.15, 0.2) is 0 Å². The fraction of sp³-hybridized carbons (Fsp3) is 0.786. The Bertz CT molecular complexity index is 249. The first-order valence-electron chi connectivity index (χ1n) is 6.18. The van der Waals surface area contributed by atoms with E-state index in [1.165, 1.54) is 6.42 Å². The summed E-state index contributed by atoms with van der Waals surface area (Å²) < 4.78 is 9.67. The largest absolute Gasteiger partial charge is 0.444 e. The summed E-state index contributed by atoms with van der Waals surface area (Å²) in [4.78, 5) is 10.0. The van der Waals surface area contributed by atoms with Gasteiger partial charge in [0.15, 0.2) is 0 Å². The number of ether oxygens (including phenoxy) is 2. The minimum atomic E-state index is -0.725. The van der Waals surface area contributed by atoms with E-state index in [9.17, 15) is 4.79 Å². The average molecular weight is 257 g/mol. The molecule has 0 aliphatic carbocycles. The highest BCUT2D eigenvalue weighted by Crippen LogP contribution is 2.04. The zero-order valence-corrected chi connectivity index (χ0v) is 12.3. The summed E-state index contributed by atoms with van der Waals surface area (Å²) in [7, 11) is 0. The monoisotopic (exact) mass is 257 g/mol. The van der Waals surface area contributed by atoms with Crippen LogP contribution in [-0.2, 0) is 9.47 Å². The molecular formula is C14H27NO3. The Morgan fingerprint density at radius 3 is 2.22 bits per heavy atom. The molecule has 0 saturated heterocycles. The van der Waals surface area contributed by atoms with Gasteiger partial charge in [-0.3, -0.25) is 0 Å². The molecular weight excluding hydrogens is 230 g/mol. The van der Waals surface area contributed by atoms with Gasteiger partial charge in [-0.15, -0.1) is 6.42 Å². The first-order valence-corrected chi connectivity index (χ1v) is 6.18. The summed E-state index contributed by atoms with van der Waals surface area (Å²) in [6, 6.07) is 0. The van der Waals surface area contributed by atoms with Crippen molar-refractivity contribution in [3.05, 3.63) is 0 Å². The molecule has 0 fully saturated rings. The summed E-state index contributed by atoms with van der Waals surface area (Å²) in [6.07, 6.45) is 6.62. The molecule has 0 aromatic carbocycles. The van der Waals surface area contributed by atoms with Gasteiger partial charge in [0.2, 0.25) is 0 Å². The Labute approximate surface area is 111 Å². The quantitative estimate of drug-likeness (QED) is 0.608. The van der Waals surface area contributed by atoms with Crippen LogP contribution in [0.4, 0.5) is 4.79 Å². The number of carbonyl (C=O) groups excluding carboxylic acids is 1. The molecule has 0 spiro atoms. The van der Waals surface area contributed by atoms with Crippen LogP contribution in [0, 0.1) is 18.3 Å². The first-order chi connectivity index (χ1) is 8.19. The number of rotatable bonds is 5. The number of amides is 1. The second-order valence-corrected chi connectivity index (χ2v) is 5.33. The Morgan fingerprint density at radius 1 is 1.39 bits per heavy atom. The molecule has 4 heteroatoms. The maximum atomic E-state index is 10.0. The normalized spacial score (nSPS) is 10.3. The van der Waals surface area contributed by atoms with Crippen LogP contribution in [0.25, 0.3) is 0 Å². The van der Waals surface area contributed by atoms with Crippen LogP contribution < -0.4 is 5.73 Å². The first kappa shape index (κ1) is 19.1. The van der Waals surface area contributed by atoms with Gasteiger partial charge in [-0.1, -0.05) is 19.8 Å². The van der Waals surface area contributed by atoms with Crippen molar-refractivity contribution in [3.8, 4) is 12.3 Å². The second kappa shape index (κ2) is 10.9. The maximum absolute atomic E-state index is 10.0. The lowest BCUT2D eigenvalue weighted by atomic mass is 10.1. The highest BCUT2D eigenvalue weighted by molar-refractivity contribution is 5.65. The summed E-state index contributed by atoms with van der Waals surface area (Å²) in [5.74, 6) is 3.21. The predicted molar refractivity (Wildman–Crippen MR) is 74.1 cm³/mol. The zero-order chi connectivity index (χ0) is 14.6. The molecule has 0 aliphatic heterocycles. The molecule has 1 amide bonds. The third-order valence-electron chi connectivity index (χ3n) is 1.66. The lowest BCUT2D eigenvalue weighted by molar-refractivity contribution is 0.0600. The summed E-state index contributed by atoms with van der Waals surface area (Å²) in [5, 5.41) is 0. The SMILES string of the molecule is C#CCOCCCC(C)C.CC(C)(C)OC(N)=O. The standard InChI is InChI=1S/C9H16O.C5H11NO2/c1-4-7-10-8-5-6-9(2)3;1-5(2,3)8-4(6)7/h1,9H,5-8H2,2-3H3;1-3H3,(H2,6,7). The lowest BCUT2D eigenvalue weighted by Crippen LogP contribution is -2.27. The Hall–Kier alpha value is -1.21. The van der Waals surface area contributed by atoms with E-state index >= 15 is 0 Å². The van der Waals surface area contributed by atoms with Crippen molar-refractivity contribution in [1.82, 2.24) is 0 Å². The molecule has 0 saturated carbocycles. The molecule has 106 valence electrons. The number of hydrogen-bond acceptors (Lipinski definition) is 3. The van der Waals surface area contributed by atoms with Crippen molar-refractivity contribution in [2.45, 2.75) is 53.1 Å². The molecule has 0 bridgehead atoms.